The Balaban J connectivity index is 1.23. The lowest BCUT2D eigenvalue weighted by molar-refractivity contribution is -0.130. The quantitative estimate of drug-likeness (QED) is 0.380. The molecule has 0 fully saturated rings. The first-order chi connectivity index (χ1) is 16.4. The number of H-pyrrole nitrogens is 1. The highest BCUT2D eigenvalue weighted by molar-refractivity contribution is 5.81. The number of aryl methyl sites for hydroxylation is 2. The summed E-state index contributed by atoms with van der Waals surface area (Å²) in [5.74, 6) is -0.401. The molecule has 0 radical (unpaired) electrons. The SMILES string of the molecule is Cc1cccc2c(=O)n(CC(=O)N(C)CCCCCc3cc(-c4cccc(F)c4)n[nH]3)cnc12. The highest BCUT2D eigenvalue weighted by atomic mass is 19.1. The maximum Gasteiger partial charge on any atom is 0.261 e. The summed E-state index contributed by atoms with van der Waals surface area (Å²) in [7, 11) is 1.76. The minimum absolute atomic E-state index is 0.0246. The standard InChI is InChI=1S/C26H28FN5O2/c1-18-8-6-12-22-25(18)28-17-32(26(22)34)16-24(33)31(2)13-5-3-4-11-21-15-23(30-29-21)19-9-7-10-20(27)14-19/h6-10,12,14-15,17H,3-5,11,13,16H2,1-2H3,(H,29,30). The van der Waals surface area contributed by atoms with E-state index in [0.717, 1.165) is 48.2 Å². The molecule has 34 heavy (non-hydrogen) atoms. The molecule has 0 bridgehead atoms. The Morgan fingerprint density at radius 2 is 1.94 bits per heavy atom. The topological polar surface area (TPSA) is 83.9 Å². The third kappa shape index (κ3) is 5.39. The zero-order chi connectivity index (χ0) is 24.1. The van der Waals surface area contributed by atoms with Crippen LogP contribution in [0, 0.1) is 12.7 Å². The molecule has 0 aliphatic carbocycles. The molecule has 1 N–H and O–H groups in total. The fourth-order valence-corrected chi connectivity index (χ4v) is 3.97. The predicted molar refractivity (Wildman–Crippen MR) is 130 cm³/mol. The number of carbonyl (C=O) groups excluding carboxylic acids is 1. The first-order valence-corrected chi connectivity index (χ1v) is 11.4. The second kappa shape index (κ2) is 10.4. The molecule has 8 heteroatoms. The van der Waals surface area contributed by atoms with Gasteiger partial charge in [0.1, 0.15) is 12.4 Å². The van der Waals surface area contributed by atoms with Gasteiger partial charge >= 0.3 is 0 Å². The van der Waals surface area contributed by atoms with E-state index in [2.05, 4.69) is 15.2 Å². The molecule has 0 atom stereocenters. The Labute approximate surface area is 197 Å². The summed E-state index contributed by atoms with van der Waals surface area (Å²) >= 11 is 0. The van der Waals surface area contributed by atoms with Crippen molar-refractivity contribution >= 4 is 16.8 Å². The average Bonchev–Trinajstić information content (AvgIpc) is 3.30. The van der Waals surface area contributed by atoms with E-state index in [0.29, 0.717) is 17.4 Å². The first-order valence-electron chi connectivity index (χ1n) is 11.4. The zero-order valence-electron chi connectivity index (χ0n) is 19.4. The van der Waals surface area contributed by atoms with Gasteiger partial charge in [-0.3, -0.25) is 19.3 Å². The Hall–Kier alpha value is -3.81. The van der Waals surface area contributed by atoms with Crippen LogP contribution in [0.4, 0.5) is 4.39 Å². The summed E-state index contributed by atoms with van der Waals surface area (Å²) in [5.41, 5.74) is 3.89. The van der Waals surface area contributed by atoms with Crippen LogP contribution >= 0.6 is 0 Å². The van der Waals surface area contributed by atoms with E-state index < -0.39 is 0 Å². The molecule has 2 aromatic carbocycles. The van der Waals surface area contributed by atoms with Crippen molar-refractivity contribution in [1.82, 2.24) is 24.6 Å². The molecule has 0 aliphatic heterocycles. The molecule has 2 aromatic heterocycles. The Kier molecular flexibility index (Phi) is 7.15. The average molecular weight is 462 g/mol. The third-order valence-electron chi connectivity index (χ3n) is 5.98. The monoisotopic (exact) mass is 461 g/mol. The van der Waals surface area contributed by atoms with Gasteiger partial charge in [-0.15, -0.1) is 0 Å². The minimum Gasteiger partial charge on any atom is -0.344 e. The number of nitrogens with zero attached hydrogens (tertiary/aromatic N) is 4. The molecule has 0 saturated carbocycles. The number of aromatic nitrogens is 4. The van der Waals surface area contributed by atoms with Gasteiger partial charge in [0.05, 0.1) is 22.9 Å². The largest absolute Gasteiger partial charge is 0.344 e. The molecule has 0 saturated heterocycles. The summed E-state index contributed by atoms with van der Waals surface area (Å²) in [6, 6.07) is 13.8. The van der Waals surface area contributed by atoms with E-state index in [1.165, 1.54) is 23.0 Å². The van der Waals surface area contributed by atoms with Crippen molar-refractivity contribution in [2.24, 2.45) is 0 Å². The van der Waals surface area contributed by atoms with Gasteiger partial charge in [-0.25, -0.2) is 9.37 Å². The van der Waals surface area contributed by atoms with E-state index in [4.69, 9.17) is 0 Å². The van der Waals surface area contributed by atoms with Crippen molar-refractivity contribution in [3.8, 4) is 11.3 Å². The second-order valence-electron chi connectivity index (χ2n) is 8.56. The molecule has 0 unspecified atom stereocenters. The van der Waals surface area contributed by atoms with E-state index in [1.807, 2.05) is 31.2 Å². The van der Waals surface area contributed by atoms with E-state index in [9.17, 15) is 14.0 Å². The first kappa shape index (κ1) is 23.4. The highest BCUT2D eigenvalue weighted by Crippen LogP contribution is 2.19. The normalized spacial score (nSPS) is 11.1. The highest BCUT2D eigenvalue weighted by Gasteiger charge is 2.13. The van der Waals surface area contributed by atoms with Gasteiger partial charge in [-0.05, 0) is 56.0 Å². The number of aromatic amines is 1. The Morgan fingerprint density at radius 1 is 1.12 bits per heavy atom. The smallest absolute Gasteiger partial charge is 0.261 e. The maximum absolute atomic E-state index is 13.4. The van der Waals surface area contributed by atoms with Crippen LogP contribution in [-0.2, 0) is 17.8 Å². The van der Waals surface area contributed by atoms with Crippen molar-refractivity contribution in [3.05, 3.63) is 82.3 Å². The number of likely N-dealkylation sites (N-methyl/N-ethyl adjacent to an activating group) is 1. The number of carbonyl (C=O) groups is 1. The van der Waals surface area contributed by atoms with Gasteiger partial charge in [-0.2, -0.15) is 5.10 Å². The van der Waals surface area contributed by atoms with Gasteiger partial charge in [0.2, 0.25) is 5.91 Å². The molecule has 7 nitrogen and oxygen atoms in total. The van der Waals surface area contributed by atoms with Gasteiger partial charge in [-0.1, -0.05) is 30.7 Å². The van der Waals surface area contributed by atoms with E-state index in [-0.39, 0.29) is 23.8 Å². The summed E-state index contributed by atoms with van der Waals surface area (Å²) in [6.45, 7) is 2.50. The second-order valence-corrected chi connectivity index (χ2v) is 8.56. The third-order valence-corrected chi connectivity index (χ3v) is 5.98. The van der Waals surface area contributed by atoms with Gasteiger partial charge < -0.3 is 4.90 Å². The van der Waals surface area contributed by atoms with Gasteiger partial charge in [0, 0.05) is 24.8 Å². The summed E-state index contributed by atoms with van der Waals surface area (Å²) < 4.78 is 14.8. The van der Waals surface area contributed by atoms with Crippen LogP contribution in [0.5, 0.6) is 0 Å². The number of hydrogen-bond donors (Lipinski definition) is 1. The van der Waals surface area contributed by atoms with Crippen LogP contribution in [0.3, 0.4) is 0 Å². The maximum atomic E-state index is 13.4. The van der Waals surface area contributed by atoms with Crippen LogP contribution in [0.1, 0.15) is 30.5 Å². The summed E-state index contributed by atoms with van der Waals surface area (Å²) in [5, 5.41) is 7.81. The van der Waals surface area contributed by atoms with Crippen LogP contribution in [0.25, 0.3) is 22.2 Å². The lowest BCUT2D eigenvalue weighted by Gasteiger charge is -2.18. The van der Waals surface area contributed by atoms with Crippen molar-refractivity contribution in [2.45, 2.75) is 39.2 Å². The number of rotatable bonds is 9. The number of hydrogen-bond acceptors (Lipinski definition) is 4. The van der Waals surface area contributed by atoms with Gasteiger partial charge in [0.15, 0.2) is 0 Å². The molecule has 176 valence electrons. The fourth-order valence-electron chi connectivity index (χ4n) is 3.97. The van der Waals surface area contributed by atoms with Crippen molar-refractivity contribution < 1.29 is 9.18 Å². The van der Waals surface area contributed by atoms with Crippen LogP contribution < -0.4 is 5.56 Å². The molecule has 0 aliphatic rings. The van der Waals surface area contributed by atoms with Crippen LogP contribution in [-0.4, -0.2) is 44.1 Å². The molecule has 4 rings (SSSR count). The number of benzene rings is 2. The number of halogens is 1. The van der Waals surface area contributed by atoms with Crippen molar-refractivity contribution in [3.63, 3.8) is 0 Å². The minimum atomic E-state index is -0.280. The number of para-hydroxylation sites is 1. The van der Waals surface area contributed by atoms with Crippen LogP contribution in [0.2, 0.25) is 0 Å². The van der Waals surface area contributed by atoms with Crippen molar-refractivity contribution in [1.29, 1.82) is 0 Å². The van der Waals surface area contributed by atoms with Gasteiger partial charge in [0.25, 0.3) is 5.56 Å². The van der Waals surface area contributed by atoms with E-state index in [1.54, 1.807) is 24.1 Å². The molecule has 2 heterocycles. The molecule has 4 aromatic rings. The predicted octanol–water partition coefficient (Wildman–Crippen LogP) is 4.11. The summed E-state index contributed by atoms with van der Waals surface area (Å²) in [4.78, 5) is 31.3. The number of amides is 1. The summed E-state index contributed by atoms with van der Waals surface area (Å²) in [6.07, 6.45) is 5.03. The van der Waals surface area contributed by atoms with Crippen LogP contribution in [0.15, 0.2) is 59.7 Å². The number of fused-ring (bicyclic) bond motifs is 1. The van der Waals surface area contributed by atoms with Crippen molar-refractivity contribution in [2.75, 3.05) is 13.6 Å². The molecular formula is C26H28FN5O2. The fraction of sp³-hybridized carbons (Fsp3) is 0.308. The number of unbranched alkanes of at least 4 members (excludes halogenated alkanes) is 2. The lowest BCUT2D eigenvalue weighted by Crippen LogP contribution is -2.34. The Bertz CT molecular complexity index is 1360. The molecule has 0 spiro atoms. The molecule has 1 amide bonds. The number of nitrogens with one attached hydrogen (secondary N) is 1. The molecular weight excluding hydrogens is 433 g/mol. The lowest BCUT2D eigenvalue weighted by atomic mass is 10.1. The van der Waals surface area contributed by atoms with E-state index >= 15 is 0 Å². The zero-order valence-corrected chi connectivity index (χ0v) is 19.4. The Morgan fingerprint density at radius 3 is 2.76 bits per heavy atom.